The Morgan fingerprint density at radius 3 is 3.12 bits per heavy atom. The summed E-state index contributed by atoms with van der Waals surface area (Å²) in [5, 5.41) is 10.4. The number of anilines is 1. The third kappa shape index (κ3) is 4.58. The van der Waals surface area contributed by atoms with Crippen LogP contribution >= 0.6 is 11.8 Å². The lowest BCUT2D eigenvalue weighted by Crippen LogP contribution is -2.24. The van der Waals surface area contributed by atoms with Gasteiger partial charge in [0, 0.05) is 49.4 Å². The summed E-state index contributed by atoms with van der Waals surface area (Å²) in [6.07, 6.45) is 13.1. The normalized spacial score (nSPS) is 22.6. The highest BCUT2D eigenvalue weighted by Gasteiger charge is 2.32. The van der Waals surface area contributed by atoms with Gasteiger partial charge in [-0.3, -0.25) is 9.88 Å². The number of nitrogens with two attached hydrogens (primary N) is 1. The van der Waals surface area contributed by atoms with E-state index in [1.165, 1.54) is 5.57 Å². The topological polar surface area (TPSA) is 62.4 Å². The number of likely N-dealkylation sites (tertiary alicyclic amines) is 1. The van der Waals surface area contributed by atoms with E-state index in [2.05, 4.69) is 21.9 Å². The van der Waals surface area contributed by atoms with E-state index in [9.17, 15) is 5.11 Å². The summed E-state index contributed by atoms with van der Waals surface area (Å²) in [6, 6.07) is 1.87. The molecule has 0 saturated carbocycles. The van der Waals surface area contributed by atoms with Gasteiger partial charge < -0.3 is 10.8 Å². The zero-order valence-electron chi connectivity index (χ0n) is 14.7. The number of pyridine rings is 1. The van der Waals surface area contributed by atoms with Crippen LogP contribution in [0.4, 0.5) is 5.69 Å². The molecule has 1 unspecified atom stereocenters. The quantitative estimate of drug-likeness (QED) is 0.553. The number of fused-ring (bicyclic) bond motifs is 1. The monoisotopic (exact) mass is 357 g/mol. The number of β-amino-alcohol motifs (C(OH)–C–C–N with tert-alkyl or cyclic N) is 1. The van der Waals surface area contributed by atoms with Crippen molar-refractivity contribution < 1.29 is 5.11 Å². The van der Waals surface area contributed by atoms with Crippen LogP contribution in [-0.2, 0) is 6.42 Å². The Hall–Kier alpha value is -1.48. The number of rotatable bonds is 8. The van der Waals surface area contributed by atoms with Gasteiger partial charge >= 0.3 is 0 Å². The molecule has 1 saturated heterocycles. The maximum atomic E-state index is 10.4. The Bertz CT molecular complexity index is 667. The van der Waals surface area contributed by atoms with Crippen molar-refractivity contribution in [3.8, 4) is 12.3 Å². The molecule has 1 aromatic rings. The molecule has 25 heavy (non-hydrogen) atoms. The van der Waals surface area contributed by atoms with E-state index in [1.54, 1.807) is 6.20 Å². The van der Waals surface area contributed by atoms with E-state index in [1.807, 2.05) is 17.8 Å². The highest BCUT2D eigenvalue weighted by Crippen LogP contribution is 2.31. The minimum absolute atomic E-state index is 0.228. The van der Waals surface area contributed by atoms with E-state index < -0.39 is 0 Å². The van der Waals surface area contributed by atoms with Gasteiger partial charge in [-0.25, -0.2) is 0 Å². The number of nitrogens with zero attached hydrogens (tertiary/aromatic N) is 2. The number of aliphatic hydroxyl groups is 1. The molecular weight excluding hydrogens is 330 g/mol. The molecule has 2 heterocycles. The lowest BCUT2D eigenvalue weighted by atomic mass is 10.1. The van der Waals surface area contributed by atoms with Gasteiger partial charge in [0.2, 0.25) is 0 Å². The van der Waals surface area contributed by atoms with E-state index in [-0.39, 0.29) is 6.10 Å². The maximum Gasteiger partial charge on any atom is 0.0727 e. The van der Waals surface area contributed by atoms with Crippen LogP contribution in [0.1, 0.15) is 30.5 Å². The molecule has 0 bridgehead atoms. The molecule has 1 aliphatic heterocycles. The van der Waals surface area contributed by atoms with Gasteiger partial charge in [0.15, 0.2) is 0 Å². The molecule has 0 amide bonds. The van der Waals surface area contributed by atoms with E-state index in [0.29, 0.717) is 5.92 Å². The number of nitrogen functional groups attached to an aromatic ring is 1. The molecule has 1 aromatic heterocycles. The second-order valence-corrected chi connectivity index (χ2v) is 8.07. The van der Waals surface area contributed by atoms with Crippen LogP contribution in [0, 0.1) is 18.3 Å². The summed E-state index contributed by atoms with van der Waals surface area (Å²) in [7, 11) is 0. The van der Waals surface area contributed by atoms with Crippen LogP contribution in [0.15, 0.2) is 18.3 Å². The van der Waals surface area contributed by atoms with Crippen molar-refractivity contribution in [2.45, 2.75) is 31.8 Å². The minimum atomic E-state index is -0.228. The molecule has 2 atom stereocenters. The van der Waals surface area contributed by atoms with Gasteiger partial charge in [-0.15, -0.1) is 12.3 Å². The number of hydrogen-bond donors (Lipinski definition) is 2. The number of allylic oxidation sites excluding steroid dienone is 1. The number of hydrogen-bond acceptors (Lipinski definition) is 5. The molecule has 1 aliphatic carbocycles. The number of thioether (sulfide) groups is 1. The van der Waals surface area contributed by atoms with Crippen molar-refractivity contribution in [1.29, 1.82) is 0 Å². The fourth-order valence-electron chi connectivity index (χ4n) is 3.60. The Balaban J connectivity index is 1.45. The number of aromatic nitrogens is 1. The van der Waals surface area contributed by atoms with Crippen LogP contribution < -0.4 is 5.73 Å². The van der Waals surface area contributed by atoms with Crippen LogP contribution in [-0.4, -0.2) is 52.2 Å². The summed E-state index contributed by atoms with van der Waals surface area (Å²) < 4.78 is 0. The summed E-state index contributed by atoms with van der Waals surface area (Å²) in [6.45, 7) is 2.55. The van der Waals surface area contributed by atoms with Crippen LogP contribution in [0.25, 0.3) is 5.57 Å². The minimum Gasteiger partial charge on any atom is -0.398 e. The third-order valence-corrected chi connectivity index (χ3v) is 6.26. The summed E-state index contributed by atoms with van der Waals surface area (Å²) in [5.41, 5.74) is 10.3. The standard InChI is InChI=1S/C20H27N3OS/c1-2-3-4-5-10-25-14-16-12-23(13-19(16)24)11-15-6-7-17-18(21)8-9-22-20(15)17/h1,6,8-9,16,19,24H,3-5,7,10-14H2,(H2,21,22)/t16-,19?/m1/s1. The first-order valence-electron chi connectivity index (χ1n) is 9.03. The lowest BCUT2D eigenvalue weighted by molar-refractivity contribution is 0.151. The molecule has 1 fully saturated rings. The average Bonchev–Trinajstić information content (AvgIpc) is 3.16. The summed E-state index contributed by atoms with van der Waals surface area (Å²) >= 11 is 1.94. The fraction of sp³-hybridized carbons (Fsp3) is 0.550. The van der Waals surface area contributed by atoms with E-state index >= 15 is 0 Å². The average molecular weight is 358 g/mol. The van der Waals surface area contributed by atoms with Gasteiger partial charge in [0.1, 0.15) is 0 Å². The Labute approximate surface area is 154 Å². The number of unbranched alkanes of at least 4 members (excludes halogenated alkanes) is 2. The van der Waals surface area contributed by atoms with Crippen molar-refractivity contribution in [3.05, 3.63) is 29.6 Å². The molecule has 3 N–H and O–H groups in total. The SMILES string of the molecule is C#CCCCCSC[C@H]1CN(CC2=CCc3c(N)ccnc32)CC1O. The largest absolute Gasteiger partial charge is 0.398 e. The predicted molar refractivity (Wildman–Crippen MR) is 106 cm³/mol. The van der Waals surface area contributed by atoms with Crippen molar-refractivity contribution >= 4 is 23.0 Å². The molecule has 0 radical (unpaired) electrons. The maximum absolute atomic E-state index is 10.4. The Kier molecular flexibility index (Phi) is 6.41. The Morgan fingerprint density at radius 1 is 1.40 bits per heavy atom. The van der Waals surface area contributed by atoms with Crippen molar-refractivity contribution in [2.75, 3.05) is 36.9 Å². The highest BCUT2D eigenvalue weighted by atomic mass is 32.2. The molecule has 5 heteroatoms. The van der Waals surface area contributed by atoms with Gasteiger partial charge in [0.05, 0.1) is 11.8 Å². The molecule has 2 aliphatic rings. The van der Waals surface area contributed by atoms with Gasteiger partial charge in [-0.1, -0.05) is 6.08 Å². The molecule has 0 aromatic carbocycles. The van der Waals surface area contributed by atoms with E-state index in [0.717, 1.165) is 73.8 Å². The first-order chi connectivity index (χ1) is 12.2. The summed E-state index contributed by atoms with van der Waals surface area (Å²) in [4.78, 5) is 6.86. The number of terminal acetylenes is 1. The zero-order valence-corrected chi connectivity index (χ0v) is 15.5. The van der Waals surface area contributed by atoms with Crippen LogP contribution in [0.3, 0.4) is 0 Å². The van der Waals surface area contributed by atoms with Crippen molar-refractivity contribution in [1.82, 2.24) is 9.88 Å². The molecule has 134 valence electrons. The Morgan fingerprint density at radius 2 is 2.28 bits per heavy atom. The third-order valence-electron chi connectivity index (χ3n) is 5.02. The fourth-order valence-corrected chi connectivity index (χ4v) is 4.81. The molecule has 4 nitrogen and oxygen atoms in total. The van der Waals surface area contributed by atoms with Gasteiger partial charge in [-0.2, -0.15) is 11.8 Å². The summed E-state index contributed by atoms with van der Waals surface area (Å²) in [5.74, 6) is 5.19. The van der Waals surface area contributed by atoms with Crippen molar-refractivity contribution in [2.24, 2.45) is 5.92 Å². The van der Waals surface area contributed by atoms with Crippen LogP contribution in [0.2, 0.25) is 0 Å². The second kappa shape index (κ2) is 8.75. The number of aliphatic hydroxyl groups excluding tert-OH is 1. The van der Waals surface area contributed by atoms with Gasteiger partial charge in [0.25, 0.3) is 0 Å². The highest BCUT2D eigenvalue weighted by molar-refractivity contribution is 7.99. The molecular formula is C20H27N3OS. The van der Waals surface area contributed by atoms with Gasteiger partial charge in [-0.05, 0) is 42.4 Å². The molecule has 0 spiro atoms. The lowest BCUT2D eigenvalue weighted by Gasteiger charge is -2.17. The van der Waals surface area contributed by atoms with Crippen LogP contribution in [0.5, 0.6) is 0 Å². The van der Waals surface area contributed by atoms with E-state index in [4.69, 9.17) is 12.2 Å². The second-order valence-electron chi connectivity index (χ2n) is 6.92. The smallest absolute Gasteiger partial charge is 0.0727 e. The predicted octanol–water partition coefficient (Wildman–Crippen LogP) is 2.43. The first-order valence-corrected chi connectivity index (χ1v) is 10.2. The molecule has 3 rings (SSSR count). The van der Waals surface area contributed by atoms with Crippen molar-refractivity contribution in [3.63, 3.8) is 0 Å². The first kappa shape index (κ1) is 18.3. The zero-order chi connectivity index (χ0) is 17.6.